The van der Waals surface area contributed by atoms with E-state index in [0.29, 0.717) is 6.54 Å². The van der Waals surface area contributed by atoms with Gasteiger partial charge in [0.1, 0.15) is 0 Å². The number of anilines is 3. The molecule has 0 aromatic heterocycles. The number of carbonyl (C=O) groups is 1. The van der Waals surface area contributed by atoms with Gasteiger partial charge < -0.3 is 15.5 Å². The monoisotopic (exact) mass is 297 g/mol. The Hall–Kier alpha value is -2.49. The molecule has 0 radical (unpaired) electrons. The van der Waals surface area contributed by atoms with Crippen LogP contribution < -0.4 is 15.5 Å². The zero-order valence-corrected chi connectivity index (χ0v) is 13.2. The number of amides is 2. The Balaban J connectivity index is 2.11. The molecule has 0 aliphatic rings. The maximum absolute atomic E-state index is 12.0. The van der Waals surface area contributed by atoms with Gasteiger partial charge in [0.15, 0.2) is 0 Å². The Morgan fingerprint density at radius 1 is 1.05 bits per heavy atom. The van der Waals surface area contributed by atoms with Gasteiger partial charge in [-0.15, -0.1) is 0 Å². The number of para-hydroxylation sites is 3. The molecule has 116 valence electrons. The lowest BCUT2D eigenvalue weighted by Crippen LogP contribution is -2.30. The Kier molecular flexibility index (Phi) is 5.83. The number of urea groups is 1. The number of nitrogens with one attached hydrogen (secondary N) is 2. The fraction of sp³-hybridized carbons (Fsp3) is 0.278. The highest BCUT2D eigenvalue weighted by molar-refractivity contribution is 5.94. The van der Waals surface area contributed by atoms with Crippen LogP contribution in [0.15, 0.2) is 54.6 Å². The van der Waals surface area contributed by atoms with Crippen LogP contribution in [0, 0.1) is 0 Å². The summed E-state index contributed by atoms with van der Waals surface area (Å²) in [5.74, 6) is 0. The van der Waals surface area contributed by atoms with E-state index in [1.807, 2.05) is 61.6 Å². The SMILES string of the molecule is CCCCNC(=O)Nc1ccccc1N(C)c1ccccc1. The van der Waals surface area contributed by atoms with Gasteiger partial charge in [0.2, 0.25) is 0 Å². The van der Waals surface area contributed by atoms with Gasteiger partial charge in [0, 0.05) is 19.3 Å². The number of benzene rings is 2. The van der Waals surface area contributed by atoms with Gasteiger partial charge >= 0.3 is 6.03 Å². The standard InChI is InChI=1S/C18H23N3O/c1-3-4-14-19-18(22)20-16-12-8-9-13-17(16)21(2)15-10-6-5-7-11-15/h5-13H,3-4,14H2,1-2H3,(H2,19,20,22). The fourth-order valence-corrected chi connectivity index (χ4v) is 2.21. The summed E-state index contributed by atoms with van der Waals surface area (Å²) in [5.41, 5.74) is 2.82. The highest BCUT2D eigenvalue weighted by atomic mass is 16.2. The summed E-state index contributed by atoms with van der Waals surface area (Å²) in [5, 5.41) is 5.80. The predicted octanol–water partition coefficient (Wildman–Crippen LogP) is 4.38. The Morgan fingerprint density at radius 3 is 2.45 bits per heavy atom. The normalized spacial score (nSPS) is 10.1. The minimum absolute atomic E-state index is 0.164. The van der Waals surface area contributed by atoms with Gasteiger partial charge in [-0.05, 0) is 30.7 Å². The minimum atomic E-state index is -0.164. The summed E-state index contributed by atoms with van der Waals surface area (Å²) < 4.78 is 0. The fourth-order valence-electron chi connectivity index (χ4n) is 2.21. The number of carbonyl (C=O) groups excluding carboxylic acids is 1. The molecule has 0 atom stereocenters. The lowest BCUT2D eigenvalue weighted by atomic mass is 10.2. The molecule has 2 N–H and O–H groups in total. The minimum Gasteiger partial charge on any atom is -0.343 e. The summed E-state index contributed by atoms with van der Waals surface area (Å²) >= 11 is 0. The van der Waals surface area contributed by atoms with Crippen LogP contribution in [-0.4, -0.2) is 19.6 Å². The van der Waals surface area contributed by atoms with Crippen molar-refractivity contribution < 1.29 is 4.79 Å². The van der Waals surface area contributed by atoms with Crippen molar-refractivity contribution in [1.82, 2.24) is 5.32 Å². The molecule has 0 heterocycles. The number of hydrogen-bond acceptors (Lipinski definition) is 2. The van der Waals surface area contributed by atoms with Crippen molar-refractivity contribution in [2.24, 2.45) is 0 Å². The molecule has 0 aliphatic heterocycles. The molecule has 4 heteroatoms. The second-order valence-corrected chi connectivity index (χ2v) is 5.15. The van der Waals surface area contributed by atoms with Gasteiger partial charge in [-0.25, -0.2) is 4.79 Å². The molecular formula is C18H23N3O. The lowest BCUT2D eigenvalue weighted by Gasteiger charge is -2.22. The van der Waals surface area contributed by atoms with Crippen LogP contribution in [-0.2, 0) is 0 Å². The van der Waals surface area contributed by atoms with Crippen molar-refractivity contribution in [3.05, 3.63) is 54.6 Å². The highest BCUT2D eigenvalue weighted by Crippen LogP contribution is 2.30. The van der Waals surface area contributed by atoms with Gasteiger partial charge in [0.05, 0.1) is 11.4 Å². The van der Waals surface area contributed by atoms with E-state index in [0.717, 1.165) is 29.9 Å². The first-order chi connectivity index (χ1) is 10.7. The van der Waals surface area contributed by atoms with Crippen LogP contribution in [0.5, 0.6) is 0 Å². The molecule has 0 unspecified atom stereocenters. The molecule has 0 spiro atoms. The number of hydrogen-bond donors (Lipinski definition) is 2. The maximum Gasteiger partial charge on any atom is 0.319 e. The molecular weight excluding hydrogens is 274 g/mol. The Labute approximate surface area is 132 Å². The number of nitrogens with zero attached hydrogens (tertiary/aromatic N) is 1. The van der Waals surface area contributed by atoms with Crippen LogP contribution in [0.1, 0.15) is 19.8 Å². The second kappa shape index (κ2) is 8.08. The molecule has 0 aliphatic carbocycles. The van der Waals surface area contributed by atoms with Crippen molar-refractivity contribution in [1.29, 1.82) is 0 Å². The summed E-state index contributed by atoms with van der Waals surface area (Å²) in [6.07, 6.45) is 2.05. The van der Waals surface area contributed by atoms with Crippen LogP contribution in [0.25, 0.3) is 0 Å². The third-order valence-corrected chi connectivity index (χ3v) is 3.47. The number of rotatable bonds is 6. The van der Waals surface area contributed by atoms with Crippen LogP contribution in [0.3, 0.4) is 0 Å². The third-order valence-electron chi connectivity index (χ3n) is 3.47. The van der Waals surface area contributed by atoms with Gasteiger partial charge in [-0.3, -0.25) is 0 Å². The van der Waals surface area contributed by atoms with E-state index < -0.39 is 0 Å². The molecule has 2 amide bonds. The van der Waals surface area contributed by atoms with E-state index in [9.17, 15) is 4.79 Å². The molecule has 22 heavy (non-hydrogen) atoms. The average Bonchev–Trinajstić information content (AvgIpc) is 2.56. The quantitative estimate of drug-likeness (QED) is 0.777. The lowest BCUT2D eigenvalue weighted by molar-refractivity contribution is 0.252. The molecule has 4 nitrogen and oxygen atoms in total. The molecule has 0 saturated carbocycles. The maximum atomic E-state index is 12.0. The summed E-state index contributed by atoms with van der Waals surface area (Å²) in [6, 6.07) is 17.7. The smallest absolute Gasteiger partial charge is 0.319 e. The van der Waals surface area contributed by atoms with Gasteiger partial charge in [-0.1, -0.05) is 43.7 Å². The largest absolute Gasteiger partial charge is 0.343 e. The molecule has 0 fully saturated rings. The first kappa shape index (κ1) is 15.9. The van der Waals surface area contributed by atoms with Crippen LogP contribution >= 0.6 is 0 Å². The number of unbranched alkanes of at least 4 members (excludes halogenated alkanes) is 1. The first-order valence-corrected chi connectivity index (χ1v) is 7.65. The highest BCUT2D eigenvalue weighted by Gasteiger charge is 2.10. The molecule has 0 bridgehead atoms. The van der Waals surface area contributed by atoms with Crippen LogP contribution in [0.2, 0.25) is 0 Å². The van der Waals surface area contributed by atoms with Crippen molar-refractivity contribution in [2.75, 3.05) is 23.8 Å². The first-order valence-electron chi connectivity index (χ1n) is 7.65. The molecule has 2 aromatic rings. The van der Waals surface area contributed by atoms with E-state index in [-0.39, 0.29) is 6.03 Å². The zero-order valence-electron chi connectivity index (χ0n) is 13.2. The van der Waals surface area contributed by atoms with E-state index in [1.165, 1.54) is 0 Å². The van der Waals surface area contributed by atoms with E-state index in [4.69, 9.17) is 0 Å². The molecule has 2 rings (SSSR count). The van der Waals surface area contributed by atoms with Gasteiger partial charge in [0.25, 0.3) is 0 Å². The third kappa shape index (κ3) is 4.25. The van der Waals surface area contributed by atoms with Crippen molar-refractivity contribution in [3.63, 3.8) is 0 Å². The summed E-state index contributed by atoms with van der Waals surface area (Å²) in [7, 11) is 1.99. The predicted molar refractivity (Wildman–Crippen MR) is 92.9 cm³/mol. The summed E-state index contributed by atoms with van der Waals surface area (Å²) in [6.45, 7) is 2.79. The molecule has 2 aromatic carbocycles. The van der Waals surface area contributed by atoms with E-state index in [2.05, 4.69) is 22.5 Å². The topological polar surface area (TPSA) is 44.4 Å². The van der Waals surface area contributed by atoms with Crippen molar-refractivity contribution in [2.45, 2.75) is 19.8 Å². The van der Waals surface area contributed by atoms with Gasteiger partial charge in [-0.2, -0.15) is 0 Å². The average molecular weight is 297 g/mol. The van der Waals surface area contributed by atoms with Crippen LogP contribution in [0.4, 0.5) is 21.9 Å². The Morgan fingerprint density at radius 2 is 1.73 bits per heavy atom. The zero-order chi connectivity index (χ0) is 15.8. The van der Waals surface area contributed by atoms with Crippen molar-refractivity contribution >= 4 is 23.1 Å². The molecule has 0 saturated heterocycles. The summed E-state index contributed by atoms with van der Waals surface area (Å²) in [4.78, 5) is 14.0. The van der Waals surface area contributed by atoms with E-state index in [1.54, 1.807) is 0 Å². The van der Waals surface area contributed by atoms with E-state index >= 15 is 0 Å². The second-order valence-electron chi connectivity index (χ2n) is 5.15. The Bertz CT molecular complexity index is 598. The van der Waals surface area contributed by atoms with Crippen molar-refractivity contribution in [3.8, 4) is 0 Å².